The van der Waals surface area contributed by atoms with Gasteiger partial charge in [-0.25, -0.2) is 0 Å². The van der Waals surface area contributed by atoms with Crippen LogP contribution >= 0.6 is 0 Å². The molecule has 0 saturated heterocycles. The second-order valence-electron chi connectivity index (χ2n) is 19.6. The van der Waals surface area contributed by atoms with Crippen LogP contribution in [-0.4, -0.2) is 0 Å². The highest BCUT2D eigenvalue weighted by molar-refractivity contribution is 6.02. The molecule has 4 aliphatic rings. The number of hydrogen-bond donors (Lipinski definition) is 0. The maximum absolute atomic E-state index is 7.32. The van der Waals surface area contributed by atoms with Crippen molar-refractivity contribution < 1.29 is 4.74 Å². The van der Waals surface area contributed by atoms with Gasteiger partial charge >= 0.3 is 0 Å². The first-order valence-corrected chi connectivity index (χ1v) is 23.1. The maximum Gasteiger partial charge on any atom is 0.140 e. The largest absolute Gasteiger partial charge is 0.455 e. The van der Waals surface area contributed by atoms with E-state index >= 15 is 0 Å². The van der Waals surface area contributed by atoms with Crippen LogP contribution in [0.5, 0.6) is 11.5 Å². The number of hydrogen-bond acceptors (Lipinski definition) is 2. The van der Waals surface area contributed by atoms with Crippen LogP contribution in [0.15, 0.2) is 194 Å². The van der Waals surface area contributed by atoms with E-state index in [1.54, 1.807) is 0 Å². The van der Waals surface area contributed by atoms with Crippen LogP contribution in [-0.2, 0) is 16.2 Å². The fourth-order valence-corrected chi connectivity index (χ4v) is 12.4. The number of ether oxygens (including phenoxy) is 1. The molecule has 312 valence electrons. The number of rotatable bonds is 4. The fraction of sp³-hybridized carbons (Fsp3) is 0.143. The first-order valence-electron chi connectivity index (χ1n) is 23.1. The van der Waals surface area contributed by atoms with Crippen molar-refractivity contribution in [3.8, 4) is 33.8 Å². The van der Waals surface area contributed by atoms with Gasteiger partial charge in [0.15, 0.2) is 0 Å². The lowest BCUT2D eigenvalue weighted by molar-refractivity contribution is 0.447. The summed E-state index contributed by atoms with van der Waals surface area (Å²) in [4.78, 5) is 2.56. The van der Waals surface area contributed by atoms with E-state index in [1.807, 2.05) is 0 Å². The average Bonchev–Trinajstić information content (AvgIpc) is 3.83. The molecule has 0 bridgehead atoms. The van der Waals surface area contributed by atoms with Crippen molar-refractivity contribution >= 4 is 44.2 Å². The summed E-state index contributed by atoms with van der Waals surface area (Å²) in [5.41, 5.74) is 20.6. The summed E-state index contributed by atoms with van der Waals surface area (Å²) < 4.78 is 7.32. The molecule has 0 N–H and O–H groups in total. The third kappa shape index (κ3) is 4.89. The molecule has 3 aliphatic carbocycles. The standard InChI is InChI=1S/C63H49NO/c1-7-17-43-38(2)61(3,4)51-35-31-41(36-49(43)51)64(57-27-16-26-53-58(57)48-23-13-14-24-50(48)62(53,5)6)42-30-32-47-46-22-12-15-25-52(46)63(56(47)37-42)54-33-28-39-18-8-10-20-44(39)59(54)65-60-45-21-11-9-19-40(45)29-34-55(60)63/h7-37H,1-6H3/b17-7-. The summed E-state index contributed by atoms with van der Waals surface area (Å²) in [6.45, 7) is 13.9. The van der Waals surface area contributed by atoms with E-state index in [0.29, 0.717) is 0 Å². The summed E-state index contributed by atoms with van der Waals surface area (Å²) >= 11 is 0. The van der Waals surface area contributed by atoms with Crippen molar-refractivity contribution in [3.63, 3.8) is 0 Å². The topological polar surface area (TPSA) is 12.5 Å². The minimum atomic E-state index is -0.668. The molecule has 1 spiro atoms. The highest BCUT2D eigenvalue weighted by atomic mass is 16.5. The molecule has 1 aliphatic heterocycles. The van der Waals surface area contributed by atoms with Gasteiger partial charge in [-0.2, -0.15) is 0 Å². The van der Waals surface area contributed by atoms with Crippen molar-refractivity contribution in [3.05, 3.63) is 238 Å². The molecule has 0 radical (unpaired) electrons. The van der Waals surface area contributed by atoms with Gasteiger partial charge in [-0.05, 0) is 111 Å². The van der Waals surface area contributed by atoms with E-state index in [-0.39, 0.29) is 10.8 Å². The van der Waals surface area contributed by atoms with Gasteiger partial charge in [0.05, 0.1) is 11.1 Å². The Kier molecular flexibility index (Phi) is 7.80. The van der Waals surface area contributed by atoms with Gasteiger partial charge in [0, 0.05) is 49.7 Å². The van der Waals surface area contributed by atoms with Crippen LogP contribution in [0.2, 0.25) is 0 Å². The predicted molar refractivity (Wildman–Crippen MR) is 272 cm³/mol. The number of fused-ring (bicyclic) bond motifs is 17. The summed E-state index contributed by atoms with van der Waals surface area (Å²) in [5.74, 6) is 1.85. The zero-order valence-corrected chi connectivity index (χ0v) is 37.8. The van der Waals surface area contributed by atoms with Gasteiger partial charge in [-0.3, -0.25) is 0 Å². The third-order valence-electron chi connectivity index (χ3n) is 15.8. The van der Waals surface area contributed by atoms with Crippen LogP contribution < -0.4 is 9.64 Å². The Morgan fingerprint density at radius 2 is 1.00 bits per heavy atom. The van der Waals surface area contributed by atoms with Gasteiger partial charge in [-0.1, -0.05) is 191 Å². The molecule has 0 saturated carbocycles. The van der Waals surface area contributed by atoms with Crippen molar-refractivity contribution in [2.45, 2.75) is 57.8 Å². The van der Waals surface area contributed by atoms with Gasteiger partial charge in [0.1, 0.15) is 11.5 Å². The SMILES string of the molecule is C/C=C\C1=C(C)C(C)(C)c2ccc(N(c3ccc4c(c3)C3(c5ccccc5-4)c4ccc5ccccc5c4Oc4c3ccc3ccccc43)c3cccc4c3-c3ccccc3C4(C)C)cc21. The van der Waals surface area contributed by atoms with Gasteiger partial charge in [0.2, 0.25) is 0 Å². The molecular formula is C63H49NO. The van der Waals surface area contributed by atoms with Crippen LogP contribution in [0.4, 0.5) is 17.1 Å². The highest BCUT2D eigenvalue weighted by Crippen LogP contribution is 2.65. The van der Waals surface area contributed by atoms with E-state index in [4.69, 9.17) is 4.74 Å². The highest BCUT2D eigenvalue weighted by Gasteiger charge is 2.52. The van der Waals surface area contributed by atoms with Crippen molar-refractivity contribution in [2.24, 2.45) is 0 Å². The summed E-state index contributed by atoms with van der Waals surface area (Å²) in [6.07, 6.45) is 4.49. The maximum atomic E-state index is 7.32. The van der Waals surface area contributed by atoms with E-state index in [2.05, 4.69) is 235 Å². The molecule has 1 heterocycles. The second-order valence-corrected chi connectivity index (χ2v) is 19.6. The number of allylic oxidation sites excluding steroid dienone is 4. The van der Waals surface area contributed by atoms with Crippen LogP contribution in [0, 0.1) is 0 Å². The number of benzene rings is 9. The normalized spacial score (nSPS) is 16.2. The van der Waals surface area contributed by atoms with E-state index in [9.17, 15) is 0 Å². The van der Waals surface area contributed by atoms with E-state index in [0.717, 1.165) is 33.6 Å². The third-order valence-corrected chi connectivity index (χ3v) is 15.8. The first-order chi connectivity index (χ1) is 31.6. The monoisotopic (exact) mass is 835 g/mol. The van der Waals surface area contributed by atoms with Gasteiger partial charge < -0.3 is 9.64 Å². The minimum Gasteiger partial charge on any atom is -0.455 e. The molecule has 0 atom stereocenters. The lowest BCUT2D eigenvalue weighted by atomic mass is 9.65. The Morgan fingerprint density at radius 1 is 0.446 bits per heavy atom. The lowest BCUT2D eigenvalue weighted by Gasteiger charge is -2.40. The van der Waals surface area contributed by atoms with Crippen LogP contribution in [0.25, 0.3) is 49.4 Å². The summed E-state index contributed by atoms with van der Waals surface area (Å²) in [7, 11) is 0. The number of anilines is 3. The molecule has 2 nitrogen and oxygen atoms in total. The van der Waals surface area contributed by atoms with E-state index < -0.39 is 5.41 Å². The summed E-state index contributed by atoms with van der Waals surface area (Å²) in [6, 6.07) is 66.2. The van der Waals surface area contributed by atoms with Gasteiger partial charge in [0.25, 0.3) is 0 Å². The van der Waals surface area contributed by atoms with Crippen molar-refractivity contribution in [2.75, 3.05) is 4.90 Å². The quantitative estimate of drug-likeness (QED) is 0.175. The van der Waals surface area contributed by atoms with Gasteiger partial charge in [-0.15, -0.1) is 0 Å². The molecule has 0 amide bonds. The van der Waals surface area contributed by atoms with Crippen LogP contribution in [0.3, 0.4) is 0 Å². The molecular weight excluding hydrogens is 787 g/mol. The molecule has 0 unspecified atom stereocenters. The van der Waals surface area contributed by atoms with Crippen molar-refractivity contribution in [1.82, 2.24) is 0 Å². The molecule has 65 heavy (non-hydrogen) atoms. The molecule has 9 aromatic rings. The zero-order chi connectivity index (χ0) is 44.0. The fourth-order valence-electron chi connectivity index (χ4n) is 12.4. The Bertz CT molecular complexity index is 3530. The Labute approximate surface area is 381 Å². The van der Waals surface area contributed by atoms with Crippen LogP contribution in [0.1, 0.15) is 86.1 Å². The molecule has 13 rings (SSSR count). The Morgan fingerprint density at radius 3 is 1.71 bits per heavy atom. The average molecular weight is 836 g/mol. The van der Waals surface area contributed by atoms with E-state index in [1.165, 1.54) is 94.4 Å². The Balaban J connectivity index is 1.14. The minimum absolute atomic E-state index is 0.0750. The zero-order valence-electron chi connectivity index (χ0n) is 37.8. The Hall–Kier alpha value is -7.42. The molecule has 2 heteroatoms. The molecule has 0 fully saturated rings. The molecule has 9 aromatic carbocycles. The second kappa shape index (κ2) is 13.3. The summed E-state index contributed by atoms with van der Waals surface area (Å²) in [5, 5.41) is 4.57. The lowest BCUT2D eigenvalue weighted by Crippen LogP contribution is -2.32. The van der Waals surface area contributed by atoms with Crippen molar-refractivity contribution in [1.29, 1.82) is 0 Å². The molecule has 0 aromatic heterocycles. The number of nitrogens with zero attached hydrogens (tertiary/aromatic N) is 1. The first kappa shape index (κ1) is 38.1. The smallest absolute Gasteiger partial charge is 0.140 e. The predicted octanol–water partition coefficient (Wildman–Crippen LogP) is 16.9.